The summed E-state index contributed by atoms with van der Waals surface area (Å²) in [5.74, 6) is 1.72. The van der Waals surface area contributed by atoms with Gasteiger partial charge in [-0.1, -0.05) is 12.1 Å². The predicted octanol–water partition coefficient (Wildman–Crippen LogP) is 1.93. The molecule has 0 aromatic heterocycles. The van der Waals surface area contributed by atoms with E-state index in [4.69, 9.17) is 4.74 Å². The maximum atomic E-state index is 13.3. The van der Waals surface area contributed by atoms with Crippen molar-refractivity contribution in [2.75, 3.05) is 26.2 Å². The Bertz CT molecular complexity index is 635. The van der Waals surface area contributed by atoms with Crippen molar-refractivity contribution < 1.29 is 14.2 Å². The van der Waals surface area contributed by atoms with Gasteiger partial charge in [-0.3, -0.25) is 4.99 Å². The summed E-state index contributed by atoms with van der Waals surface area (Å²) in [4.78, 5) is 6.91. The zero-order valence-electron chi connectivity index (χ0n) is 14.6. The van der Waals surface area contributed by atoms with Crippen LogP contribution in [0.15, 0.2) is 29.3 Å². The smallest absolute Gasteiger partial charge is 0.194 e. The fraction of sp³-hybridized carbons (Fsp3) is 0.632. The third-order valence-corrected chi connectivity index (χ3v) is 5.73. The quantitative estimate of drug-likeness (QED) is 0.646. The number of halogens is 1. The van der Waals surface area contributed by atoms with E-state index in [0.717, 1.165) is 25.6 Å². The van der Waals surface area contributed by atoms with E-state index >= 15 is 0 Å². The standard InChI is InChI=1S/C19H26FN3O2/c1-2-21-19(22-9-16(24)12-4-3-5-13(20)8-12)23-10-14-15(11-23)18-7-6-17(14)25-18/h3-5,8,14-18,24H,2,6-7,9-11H2,1H3,(H,21,22). The van der Waals surface area contributed by atoms with Crippen molar-refractivity contribution in [3.63, 3.8) is 0 Å². The summed E-state index contributed by atoms with van der Waals surface area (Å²) in [5, 5.41) is 13.7. The minimum absolute atomic E-state index is 0.223. The Morgan fingerprint density at radius 2 is 2.08 bits per heavy atom. The summed E-state index contributed by atoms with van der Waals surface area (Å²) in [5.41, 5.74) is 0.560. The summed E-state index contributed by atoms with van der Waals surface area (Å²) >= 11 is 0. The van der Waals surface area contributed by atoms with E-state index in [1.165, 1.54) is 25.0 Å². The highest BCUT2D eigenvalue weighted by Crippen LogP contribution is 2.47. The number of nitrogens with zero attached hydrogens (tertiary/aromatic N) is 2. The van der Waals surface area contributed by atoms with E-state index in [9.17, 15) is 9.50 Å². The van der Waals surface area contributed by atoms with Gasteiger partial charge in [0.15, 0.2) is 5.96 Å². The average molecular weight is 347 g/mol. The van der Waals surface area contributed by atoms with Crippen LogP contribution in [0.1, 0.15) is 31.4 Å². The summed E-state index contributed by atoms with van der Waals surface area (Å²) in [6.45, 7) is 4.98. The van der Waals surface area contributed by atoms with Gasteiger partial charge in [-0.15, -0.1) is 0 Å². The Hall–Kier alpha value is -1.66. The van der Waals surface area contributed by atoms with Crippen molar-refractivity contribution in [1.29, 1.82) is 0 Å². The normalized spacial score (nSPS) is 32.1. The molecule has 3 aliphatic heterocycles. The molecule has 4 rings (SSSR count). The van der Waals surface area contributed by atoms with Crippen LogP contribution in [0, 0.1) is 17.7 Å². The van der Waals surface area contributed by atoms with Crippen LogP contribution < -0.4 is 5.32 Å². The van der Waals surface area contributed by atoms with Crippen molar-refractivity contribution in [3.8, 4) is 0 Å². The van der Waals surface area contributed by atoms with E-state index in [0.29, 0.717) is 29.6 Å². The fourth-order valence-electron chi connectivity index (χ4n) is 4.55. The average Bonchev–Trinajstić information content (AvgIpc) is 3.30. The third-order valence-electron chi connectivity index (χ3n) is 5.73. The number of rotatable bonds is 4. The highest BCUT2D eigenvalue weighted by Gasteiger charge is 2.53. The molecule has 0 saturated carbocycles. The van der Waals surface area contributed by atoms with E-state index in [1.807, 2.05) is 6.92 Å². The van der Waals surface area contributed by atoms with Gasteiger partial charge in [-0.05, 0) is 37.5 Å². The van der Waals surface area contributed by atoms with E-state index < -0.39 is 6.10 Å². The minimum atomic E-state index is -0.800. The second-order valence-corrected chi connectivity index (χ2v) is 7.29. The minimum Gasteiger partial charge on any atom is -0.386 e. The SMILES string of the molecule is CCNC(=NCC(O)c1cccc(F)c1)N1CC2C3CCC(O3)C2C1. The number of benzene rings is 1. The van der Waals surface area contributed by atoms with Gasteiger partial charge in [0.05, 0.1) is 24.9 Å². The molecule has 0 amide bonds. The fourth-order valence-corrected chi connectivity index (χ4v) is 4.55. The number of hydrogen-bond acceptors (Lipinski definition) is 3. The lowest BCUT2D eigenvalue weighted by molar-refractivity contribution is 0.0766. The molecular formula is C19H26FN3O2. The van der Waals surface area contributed by atoms with E-state index in [2.05, 4.69) is 15.2 Å². The van der Waals surface area contributed by atoms with Crippen LogP contribution in [0.2, 0.25) is 0 Å². The molecule has 3 aliphatic rings. The summed E-state index contributed by atoms with van der Waals surface area (Å²) in [6, 6.07) is 6.08. The van der Waals surface area contributed by atoms with Gasteiger partial charge in [0.1, 0.15) is 5.82 Å². The third kappa shape index (κ3) is 3.25. The van der Waals surface area contributed by atoms with Crippen molar-refractivity contribution >= 4 is 5.96 Å². The Kier molecular flexibility index (Phi) is 4.65. The number of likely N-dealkylation sites (tertiary alicyclic amines) is 1. The molecule has 6 heteroatoms. The molecule has 3 saturated heterocycles. The number of guanidine groups is 1. The first kappa shape index (κ1) is 16.8. The van der Waals surface area contributed by atoms with Gasteiger partial charge in [0, 0.05) is 31.5 Å². The van der Waals surface area contributed by atoms with Gasteiger partial charge < -0.3 is 20.1 Å². The number of aliphatic hydroxyl groups is 1. The van der Waals surface area contributed by atoms with Crippen molar-refractivity contribution in [1.82, 2.24) is 10.2 Å². The molecule has 1 aromatic carbocycles. The first-order valence-electron chi connectivity index (χ1n) is 9.28. The second kappa shape index (κ2) is 6.92. The molecule has 3 heterocycles. The monoisotopic (exact) mass is 347 g/mol. The number of hydrogen-bond donors (Lipinski definition) is 2. The van der Waals surface area contributed by atoms with Crippen molar-refractivity contribution in [3.05, 3.63) is 35.6 Å². The number of fused-ring (bicyclic) bond motifs is 5. The molecule has 2 N–H and O–H groups in total. The van der Waals surface area contributed by atoms with Crippen LogP contribution in [-0.4, -0.2) is 54.4 Å². The molecule has 3 fully saturated rings. The van der Waals surface area contributed by atoms with Crippen molar-refractivity contribution in [2.45, 2.75) is 38.1 Å². The van der Waals surface area contributed by atoms with Gasteiger partial charge in [0.25, 0.3) is 0 Å². The molecule has 5 atom stereocenters. The maximum absolute atomic E-state index is 13.3. The van der Waals surface area contributed by atoms with Crippen LogP contribution in [-0.2, 0) is 4.74 Å². The van der Waals surface area contributed by atoms with Crippen LogP contribution in [0.3, 0.4) is 0 Å². The van der Waals surface area contributed by atoms with Crippen LogP contribution >= 0.6 is 0 Å². The lowest BCUT2D eigenvalue weighted by atomic mass is 9.82. The summed E-state index contributed by atoms with van der Waals surface area (Å²) in [6.07, 6.45) is 2.41. The first-order chi connectivity index (χ1) is 12.2. The molecule has 25 heavy (non-hydrogen) atoms. The molecule has 2 bridgehead atoms. The van der Waals surface area contributed by atoms with Gasteiger partial charge in [-0.2, -0.15) is 0 Å². The van der Waals surface area contributed by atoms with Crippen LogP contribution in [0.25, 0.3) is 0 Å². The number of aliphatic hydroxyl groups excluding tert-OH is 1. The van der Waals surface area contributed by atoms with E-state index in [1.54, 1.807) is 12.1 Å². The van der Waals surface area contributed by atoms with Gasteiger partial charge in [0.2, 0.25) is 0 Å². The topological polar surface area (TPSA) is 57.1 Å². The lowest BCUT2D eigenvalue weighted by Crippen LogP contribution is -2.41. The molecular weight excluding hydrogens is 321 g/mol. The van der Waals surface area contributed by atoms with Crippen LogP contribution in [0.4, 0.5) is 4.39 Å². The number of ether oxygens (including phenoxy) is 1. The number of nitrogens with one attached hydrogen (secondary N) is 1. The summed E-state index contributed by atoms with van der Waals surface area (Å²) < 4.78 is 19.4. The molecule has 5 unspecified atom stereocenters. The second-order valence-electron chi connectivity index (χ2n) is 7.29. The van der Waals surface area contributed by atoms with Gasteiger partial charge >= 0.3 is 0 Å². The predicted molar refractivity (Wildman–Crippen MR) is 93.8 cm³/mol. The molecule has 1 aromatic rings. The Balaban J connectivity index is 1.43. The molecule has 0 radical (unpaired) electrons. The molecule has 0 aliphatic carbocycles. The van der Waals surface area contributed by atoms with Crippen LogP contribution in [0.5, 0.6) is 0 Å². The number of aliphatic imine (C=N–C) groups is 1. The highest BCUT2D eigenvalue weighted by atomic mass is 19.1. The van der Waals surface area contributed by atoms with E-state index in [-0.39, 0.29) is 12.4 Å². The Labute approximate surface area is 147 Å². The Morgan fingerprint density at radius 3 is 2.72 bits per heavy atom. The maximum Gasteiger partial charge on any atom is 0.194 e. The zero-order valence-corrected chi connectivity index (χ0v) is 14.6. The zero-order chi connectivity index (χ0) is 17.4. The first-order valence-corrected chi connectivity index (χ1v) is 9.28. The van der Waals surface area contributed by atoms with Gasteiger partial charge in [-0.25, -0.2) is 4.39 Å². The summed E-state index contributed by atoms with van der Waals surface area (Å²) in [7, 11) is 0. The largest absolute Gasteiger partial charge is 0.386 e. The molecule has 0 spiro atoms. The molecule has 5 nitrogen and oxygen atoms in total. The van der Waals surface area contributed by atoms with Crippen molar-refractivity contribution in [2.24, 2.45) is 16.8 Å². The lowest BCUT2D eigenvalue weighted by Gasteiger charge is -2.23. The Morgan fingerprint density at radius 1 is 1.36 bits per heavy atom. The highest BCUT2D eigenvalue weighted by molar-refractivity contribution is 5.80. The molecule has 136 valence electrons.